The third kappa shape index (κ3) is 18.4. The Kier molecular flexibility index (Phi) is 16.4. The summed E-state index contributed by atoms with van der Waals surface area (Å²) in [6, 6.07) is 0. The average Bonchev–Trinajstić information content (AvgIpc) is 2.65. The van der Waals surface area contributed by atoms with Crippen LogP contribution in [0, 0.1) is 0 Å². The number of hydrogen-bond acceptors (Lipinski definition) is 8. The summed E-state index contributed by atoms with van der Waals surface area (Å²) in [7, 11) is 1.54. The fraction of sp³-hybridized carbons (Fsp3) is 0.750. The number of amides is 4. The van der Waals surface area contributed by atoms with E-state index < -0.39 is 6.09 Å². The van der Waals surface area contributed by atoms with Crippen LogP contribution in [-0.2, 0) is 33.3 Å². The average molecular weight is 406 g/mol. The van der Waals surface area contributed by atoms with Crippen molar-refractivity contribution in [3.05, 3.63) is 0 Å². The van der Waals surface area contributed by atoms with Gasteiger partial charge in [-0.3, -0.25) is 14.4 Å². The topological polar surface area (TPSA) is 153 Å². The highest BCUT2D eigenvalue weighted by molar-refractivity contribution is 5.83. The van der Waals surface area contributed by atoms with Gasteiger partial charge >= 0.3 is 6.09 Å². The van der Waals surface area contributed by atoms with Gasteiger partial charge < -0.3 is 40.2 Å². The van der Waals surface area contributed by atoms with Gasteiger partial charge in [-0.25, -0.2) is 4.79 Å². The van der Waals surface area contributed by atoms with Crippen molar-refractivity contribution in [3.63, 3.8) is 0 Å². The SMILES string of the molecule is COCCNC(=O)COCCNC(=O)OCCOCCNC(=O)CNC(C)=O. The lowest BCUT2D eigenvalue weighted by Crippen LogP contribution is -2.37. The molecule has 0 saturated heterocycles. The predicted molar refractivity (Wildman–Crippen MR) is 97.6 cm³/mol. The number of hydrogen-bond donors (Lipinski definition) is 4. The Bertz CT molecular complexity index is 476. The molecule has 0 heterocycles. The van der Waals surface area contributed by atoms with E-state index in [0.29, 0.717) is 13.2 Å². The minimum atomic E-state index is -0.625. The van der Waals surface area contributed by atoms with Crippen LogP contribution in [0.15, 0.2) is 0 Å². The van der Waals surface area contributed by atoms with Gasteiger partial charge in [0.2, 0.25) is 17.7 Å². The second-order valence-electron chi connectivity index (χ2n) is 5.33. The quantitative estimate of drug-likeness (QED) is 0.210. The highest BCUT2D eigenvalue weighted by atomic mass is 16.6. The molecule has 0 saturated carbocycles. The van der Waals surface area contributed by atoms with E-state index in [9.17, 15) is 19.2 Å². The number of carbonyl (C=O) groups is 4. The molecule has 12 heteroatoms. The van der Waals surface area contributed by atoms with Gasteiger partial charge in [0.1, 0.15) is 13.2 Å². The van der Waals surface area contributed by atoms with Gasteiger partial charge in [0, 0.05) is 33.7 Å². The molecule has 0 aromatic rings. The summed E-state index contributed by atoms with van der Waals surface area (Å²) in [6.45, 7) is 3.09. The van der Waals surface area contributed by atoms with E-state index in [1.807, 2.05) is 0 Å². The normalized spacial score (nSPS) is 10.1. The molecule has 0 aliphatic carbocycles. The second kappa shape index (κ2) is 17.9. The van der Waals surface area contributed by atoms with Crippen LogP contribution in [0.25, 0.3) is 0 Å². The summed E-state index contributed by atoms with van der Waals surface area (Å²) < 4.78 is 19.9. The Balaban J connectivity index is 3.38. The van der Waals surface area contributed by atoms with Gasteiger partial charge in [-0.15, -0.1) is 0 Å². The van der Waals surface area contributed by atoms with Crippen LogP contribution in [0.1, 0.15) is 6.92 Å². The van der Waals surface area contributed by atoms with E-state index in [2.05, 4.69) is 21.3 Å². The molecule has 0 rings (SSSR count). The van der Waals surface area contributed by atoms with Gasteiger partial charge in [-0.2, -0.15) is 0 Å². The summed E-state index contributed by atoms with van der Waals surface area (Å²) in [6.07, 6.45) is -0.625. The summed E-state index contributed by atoms with van der Waals surface area (Å²) in [4.78, 5) is 44.6. The number of nitrogens with one attached hydrogen (secondary N) is 4. The standard InChI is InChI=1S/C16H30N4O8/c1-13(21)20-11-14(22)17-4-7-26-9-10-28-16(24)19-5-8-27-12-15(23)18-3-6-25-2/h3-12H2,1-2H3,(H,17,22)(H,18,23)(H,19,24)(H,20,21). The van der Waals surface area contributed by atoms with Crippen LogP contribution in [0.3, 0.4) is 0 Å². The Morgan fingerprint density at radius 1 is 0.714 bits per heavy atom. The largest absolute Gasteiger partial charge is 0.447 e. The van der Waals surface area contributed by atoms with Crippen molar-refractivity contribution in [1.82, 2.24) is 21.3 Å². The van der Waals surface area contributed by atoms with Crippen molar-refractivity contribution in [2.24, 2.45) is 0 Å². The zero-order valence-corrected chi connectivity index (χ0v) is 16.3. The van der Waals surface area contributed by atoms with Gasteiger partial charge in [0.05, 0.1) is 33.0 Å². The summed E-state index contributed by atoms with van der Waals surface area (Å²) >= 11 is 0. The van der Waals surface area contributed by atoms with Crippen molar-refractivity contribution in [2.75, 3.05) is 72.9 Å². The van der Waals surface area contributed by atoms with Crippen LogP contribution in [0.2, 0.25) is 0 Å². The molecule has 0 aliphatic heterocycles. The molecule has 0 atom stereocenters. The summed E-state index contributed by atoms with van der Waals surface area (Å²) in [5, 5.41) is 9.98. The zero-order chi connectivity index (χ0) is 21.0. The zero-order valence-electron chi connectivity index (χ0n) is 16.3. The molecule has 4 amide bonds. The molecule has 0 aliphatic rings. The fourth-order valence-electron chi connectivity index (χ4n) is 1.61. The van der Waals surface area contributed by atoms with Gasteiger partial charge in [0.15, 0.2) is 0 Å². The molecule has 4 N–H and O–H groups in total. The van der Waals surface area contributed by atoms with Crippen LogP contribution in [-0.4, -0.2) is 96.7 Å². The Hall–Kier alpha value is -2.44. The molecule has 12 nitrogen and oxygen atoms in total. The van der Waals surface area contributed by atoms with Crippen molar-refractivity contribution < 1.29 is 38.1 Å². The number of carbonyl (C=O) groups excluding carboxylic acids is 4. The van der Waals surface area contributed by atoms with Crippen molar-refractivity contribution in [3.8, 4) is 0 Å². The third-order valence-corrected chi connectivity index (χ3v) is 2.90. The van der Waals surface area contributed by atoms with Crippen LogP contribution >= 0.6 is 0 Å². The fourth-order valence-corrected chi connectivity index (χ4v) is 1.61. The molecule has 0 aromatic heterocycles. The smallest absolute Gasteiger partial charge is 0.407 e. The predicted octanol–water partition coefficient (Wildman–Crippen LogP) is -2.24. The first kappa shape index (κ1) is 25.6. The molecule has 0 radical (unpaired) electrons. The van der Waals surface area contributed by atoms with Crippen molar-refractivity contribution in [1.29, 1.82) is 0 Å². The lowest BCUT2D eigenvalue weighted by Gasteiger charge is -2.09. The Morgan fingerprint density at radius 2 is 1.36 bits per heavy atom. The third-order valence-electron chi connectivity index (χ3n) is 2.90. The molecule has 162 valence electrons. The maximum Gasteiger partial charge on any atom is 0.407 e. The molecular formula is C16H30N4O8. The first-order valence-electron chi connectivity index (χ1n) is 8.78. The molecule has 28 heavy (non-hydrogen) atoms. The Labute approximate surface area is 164 Å². The second-order valence-corrected chi connectivity index (χ2v) is 5.33. The first-order valence-corrected chi connectivity index (χ1v) is 8.78. The van der Waals surface area contributed by atoms with Crippen LogP contribution < -0.4 is 21.3 Å². The van der Waals surface area contributed by atoms with E-state index in [0.717, 1.165) is 0 Å². The lowest BCUT2D eigenvalue weighted by atomic mass is 10.5. The molecule has 0 unspecified atom stereocenters. The molecule has 0 fully saturated rings. The van der Waals surface area contributed by atoms with Crippen LogP contribution in [0.4, 0.5) is 4.79 Å². The highest BCUT2D eigenvalue weighted by Crippen LogP contribution is 1.82. The van der Waals surface area contributed by atoms with Gasteiger partial charge in [0.25, 0.3) is 0 Å². The number of rotatable bonds is 16. The van der Waals surface area contributed by atoms with E-state index >= 15 is 0 Å². The van der Waals surface area contributed by atoms with E-state index in [1.54, 1.807) is 0 Å². The van der Waals surface area contributed by atoms with Crippen molar-refractivity contribution >= 4 is 23.8 Å². The molecule has 0 bridgehead atoms. The van der Waals surface area contributed by atoms with E-state index in [4.69, 9.17) is 18.9 Å². The summed E-state index contributed by atoms with van der Waals surface area (Å²) in [5.41, 5.74) is 0. The highest BCUT2D eigenvalue weighted by Gasteiger charge is 2.04. The maximum absolute atomic E-state index is 11.4. The molecule has 0 aromatic carbocycles. The minimum absolute atomic E-state index is 0.0500. The van der Waals surface area contributed by atoms with E-state index in [1.165, 1.54) is 14.0 Å². The number of alkyl carbamates (subject to hydrolysis) is 1. The number of ether oxygens (including phenoxy) is 4. The minimum Gasteiger partial charge on any atom is -0.447 e. The first-order chi connectivity index (χ1) is 13.5. The lowest BCUT2D eigenvalue weighted by molar-refractivity contribution is -0.125. The van der Waals surface area contributed by atoms with Gasteiger partial charge in [-0.05, 0) is 0 Å². The van der Waals surface area contributed by atoms with Crippen molar-refractivity contribution in [2.45, 2.75) is 6.92 Å². The number of methoxy groups -OCH3 is 1. The summed E-state index contributed by atoms with van der Waals surface area (Å²) in [5.74, 6) is -0.857. The maximum atomic E-state index is 11.4. The monoisotopic (exact) mass is 406 g/mol. The molecular weight excluding hydrogens is 376 g/mol. The van der Waals surface area contributed by atoms with Crippen LogP contribution in [0.5, 0.6) is 0 Å². The van der Waals surface area contributed by atoms with E-state index in [-0.39, 0.29) is 70.4 Å². The van der Waals surface area contributed by atoms with Gasteiger partial charge in [-0.1, -0.05) is 0 Å². The molecule has 0 spiro atoms. The Morgan fingerprint density at radius 3 is 2.07 bits per heavy atom.